The Bertz CT molecular complexity index is 637. The molecule has 7 heteroatoms. The molecule has 1 heterocycles. The van der Waals surface area contributed by atoms with Crippen molar-refractivity contribution < 1.29 is 14.6 Å². The number of nitrogens with zero attached hydrogens (tertiary/aromatic N) is 1. The summed E-state index contributed by atoms with van der Waals surface area (Å²) in [5.41, 5.74) is 0.679. The summed E-state index contributed by atoms with van der Waals surface area (Å²) >= 11 is 6.92. The van der Waals surface area contributed by atoms with Gasteiger partial charge in [-0.25, -0.2) is 0 Å². The lowest BCUT2D eigenvalue weighted by atomic mass is 10.1. The summed E-state index contributed by atoms with van der Waals surface area (Å²) < 4.78 is 0.709. The van der Waals surface area contributed by atoms with Gasteiger partial charge in [0.05, 0.1) is 11.9 Å². The molecule has 1 amide bonds. The number of benzene rings is 1. The van der Waals surface area contributed by atoms with E-state index in [0.717, 1.165) is 11.8 Å². The summed E-state index contributed by atoms with van der Waals surface area (Å²) in [5, 5.41) is 25.1. The van der Waals surface area contributed by atoms with E-state index in [2.05, 4.69) is 5.32 Å². The summed E-state index contributed by atoms with van der Waals surface area (Å²) in [6.45, 7) is 0.104. The Morgan fingerprint density at radius 1 is 1.32 bits per heavy atom. The van der Waals surface area contributed by atoms with Crippen LogP contribution in [0.25, 0.3) is 0 Å². The van der Waals surface area contributed by atoms with Crippen molar-refractivity contribution in [2.45, 2.75) is 11.1 Å². The first-order chi connectivity index (χ1) is 10.6. The van der Waals surface area contributed by atoms with Gasteiger partial charge >= 0.3 is 0 Å². The molecule has 0 bridgehead atoms. The van der Waals surface area contributed by atoms with Crippen molar-refractivity contribution in [3.63, 3.8) is 0 Å². The summed E-state index contributed by atoms with van der Waals surface area (Å²) in [7, 11) is 0. The predicted molar refractivity (Wildman–Crippen MR) is 85.5 cm³/mol. The number of carbonyl (C=O) groups excluding carboxylic acids is 1. The van der Waals surface area contributed by atoms with E-state index in [1.165, 1.54) is 6.20 Å². The van der Waals surface area contributed by atoms with Gasteiger partial charge in [-0.2, -0.15) is 4.73 Å². The van der Waals surface area contributed by atoms with Gasteiger partial charge in [-0.3, -0.25) is 4.79 Å². The van der Waals surface area contributed by atoms with Crippen molar-refractivity contribution in [2.75, 3.05) is 12.3 Å². The maximum absolute atomic E-state index is 11.7. The van der Waals surface area contributed by atoms with Gasteiger partial charge in [-0.1, -0.05) is 23.7 Å². The van der Waals surface area contributed by atoms with Crippen LogP contribution in [0.1, 0.15) is 11.7 Å². The largest absolute Gasteiger partial charge is 0.618 e. The van der Waals surface area contributed by atoms with E-state index < -0.39 is 6.10 Å². The molecule has 0 aliphatic carbocycles. The number of halogens is 1. The molecule has 0 spiro atoms. The molecule has 0 radical (unpaired) electrons. The minimum atomic E-state index is -0.799. The number of pyridine rings is 1. The molecule has 0 fully saturated rings. The maximum atomic E-state index is 11.7. The van der Waals surface area contributed by atoms with E-state index >= 15 is 0 Å². The fourth-order valence-corrected chi connectivity index (χ4v) is 2.60. The molecular formula is C15H15ClN2O3S. The molecule has 2 N–H and O–H groups in total. The van der Waals surface area contributed by atoms with E-state index in [9.17, 15) is 15.1 Å². The number of aromatic nitrogens is 1. The van der Waals surface area contributed by atoms with Crippen LogP contribution in [0.15, 0.2) is 53.7 Å². The number of nitrogens with one attached hydrogen (secondary N) is 1. The van der Waals surface area contributed by atoms with Crippen LogP contribution in [0.3, 0.4) is 0 Å². The Morgan fingerprint density at radius 3 is 2.73 bits per heavy atom. The van der Waals surface area contributed by atoms with Crippen LogP contribution in [0.2, 0.25) is 5.02 Å². The van der Waals surface area contributed by atoms with Gasteiger partial charge in [0.2, 0.25) is 5.91 Å². The molecule has 116 valence electrons. The number of aliphatic hydroxyl groups is 1. The highest BCUT2D eigenvalue weighted by molar-refractivity contribution is 7.99. The average molecular weight is 339 g/mol. The van der Waals surface area contributed by atoms with Crippen LogP contribution in [0.5, 0.6) is 0 Å². The number of aliphatic hydroxyl groups excluding tert-OH is 1. The van der Waals surface area contributed by atoms with Crippen molar-refractivity contribution in [3.8, 4) is 0 Å². The van der Waals surface area contributed by atoms with Crippen molar-refractivity contribution in [2.24, 2.45) is 0 Å². The lowest BCUT2D eigenvalue weighted by Gasteiger charge is -2.12. The second-order valence-corrected chi connectivity index (χ2v) is 5.96. The highest BCUT2D eigenvalue weighted by Gasteiger charge is 2.12. The molecule has 0 aliphatic heterocycles. The first-order valence-electron chi connectivity index (χ1n) is 6.57. The third-order valence-corrected chi connectivity index (χ3v) is 4.16. The highest BCUT2D eigenvalue weighted by atomic mass is 35.5. The number of amides is 1. The van der Waals surface area contributed by atoms with Crippen LogP contribution < -0.4 is 10.0 Å². The number of hydrogen-bond acceptors (Lipinski definition) is 4. The van der Waals surface area contributed by atoms with Crippen molar-refractivity contribution >= 4 is 29.3 Å². The number of thioether (sulfide) groups is 1. The molecule has 0 saturated carbocycles. The smallest absolute Gasteiger partial charge is 0.251 e. The zero-order chi connectivity index (χ0) is 15.9. The van der Waals surface area contributed by atoms with Gasteiger partial charge in [-0.15, -0.1) is 0 Å². The summed E-state index contributed by atoms with van der Waals surface area (Å²) in [6, 6.07) is 11.8. The Morgan fingerprint density at radius 2 is 2.05 bits per heavy atom. The normalized spacial score (nSPS) is 11.9. The van der Waals surface area contributed by atoms with Gasteiger partial charge < -0.3 is 15.6 Å². The van der Waals surface area contributed by atoms with Crippen LogP contribution in [0, 0.1) is 5.21 Å². The number of carbonyl (C=O) groups is 1. The molecule has 0 saturated heterocycles. The molecule has 1 unspecified atom stereocenters. The molecule has 2 aromatic rings. The standard InChI is InChI=1S/C15H15ClN2O3S/c16-12-6-4-11(5-7-12)13(19)9-17-14(20)10-22-15-3-1-2-8-18(15)21/h1-8,13,19H,9-10H2,(H,17,20). The van der Waals surface area contributed by atoms with Crippen LogP contribution >= 0.6 is 23.4 Å². The first-order valence-corrected chi connectivity index (χ1v) is 7.94. The maximum Gasteiger partial charge on any atom is 0.251 e. The third-order valence-electron chi connectivity index (χ3n) is 2.89. The lowest BCUT2D eigenvalue weighted by molar-refractivity contribution is -0.645. The molecule has 0 aliphatic rings. The van der Waals surface area contributed by atoms with E-state index in [0.29, 0.717) is 20.3 Å². The Kier molecular flexibility index (Phi) is 6.06. The SMILES string of the molecule is O=C(CSc1cccc[n+]1[O-])NCC(O)c1ccc(Cl)cc1. The van der Waals surface area contributed by atoms with Gasteiger partial charge in [0.15, 0.2) is 6.20 Å². The van der Waals surface area contributed by atoms with E-state index in [-0.39, 0.29) is 18.2 Å². The Balaban J connectivity index is 1.78. The monoisotopic (exact) mass is 338 g/mol. The van der Waals surface area contributed by atoms with Crippen molar-refractivity contribution in [1.82, 2.24) is 5.32 Å². The topological polar surface area (TPSA) is 76.3 Å². The van der Waals surface area contributed by atoms with Crippen LogP contribution in [-0.2, 0) is 4.79 Å². The molecule has 22 heavy (non-hydrogen) atoms. The first kappa shape index (κ1) is 16.6. The highest BCUT2D eigenvalue weighted by Crippen LogP contribution is 2.16. The number of hydrogen-bond donors (Lipinski definition) is 2. The third kappa shape index (κ3) is 4.91. The second kappa shape index (κ2) is 8.03. The molecule has 5 nitrogen and oxygen atoms in total. The van der Waals surface area contributed by atoms with E-state index in [4.69, 9.17) is 11.6 Å². The lowest BCUT2D eigenvalue weighted by Crippen LogP contribution is -2.31. The average Bonchev–Trinajstić information content (AvgIpc) is 2.52. The van der Waals surface area contributed by atoms with Crippen LogP contribution in [-0.4, -0.2) is 23.3 Å². The summed E-state index contributed by atoms with van der Waals surface area (Å²) in [4.78, 5) is 11.7. The van der Waals surface area contributed by atoms with Gasteiger partial charge in [-0.05, 0) is 35.5 Å². The Hall–Kier alpha value is -1.76. The Labute approximate surface area is 137 Å². The molecule has 1 atom stereocenters. The van der Waals surface area contributed by atoms with E-state index in [1.54, 1.807) is 42.5 Å². The predicted octanol–water partition coefficient (Wildman–Crippen LogP) is 1.92. The van der Waals surface area contributed by atoms with Gasteiger partial charge in [0.1, 0.15) is 0 Å². The van der Waals surface area contributed by atoms with Crippen molar-refractivity contribution in [3.05, 3.63) is 64.5 Å². The van der Waals surface area contributed by atoms with E-state index in [1.807, 2.05) is 0 Å². The van der Waals surface area contributed by atoms with Gasteiger partial charge in [0.25, 0.3) is 5.03 Å². The summed E-state index contributed by atoms with van der Waals surface area (Å²) in [5.74, 6) is -0.138. The summed E-state index contributed by atoms with van der Waals surface area (Å²) in [6.07, 6.45) is 0.581. The molecular weight excluding hydrogens is 324 g/mol. The minimum Gasteiger partial charge on any atom is -0.618 e. The fraction of sp³-hybridized carbons (Fsp3) is 0.200. The molecule has 1 aromatic heterocycles. The van der Waals surface area contributed by atoms with Crippen LogP contribution in [0.4, 0.5) is 0 Å². The fourth-order valence-electron chi connectivity index (χ4n) is 1.73. The second-order valence-electron chi connectivity index (χ2n) is 4.52. The van der Waals surface area contributed by atoms with Gasteiger partial charge in [0, 0.05) is 23.7 Å². The molecule has 1 aromatic carbocycles. The zero-order valence-corrected chi connectivity index (χ0v) is 13.2. The van der Waals surface area contributed by atoms with Crippen molar-refractivity contribution in [1.29, 1.82) is 0 Å². The molecule has 2 rings (SSSR count). The number of rotatable bonds is 6. The zero-order valence-electron chi connectivity index (χ0n) is 11.6. The minimum absolute atomic E-state index is 0.104. The quantitative estimate of drug-likeness (QED) is 0.479.